The quantitative estimate of drug-likeness (QED) is 0.0677. The predicted molar refractivity (Wildman–Crippen MR) is 175 cm³/mol. The molecule has 1 unspecified atom stereocenters. The van der Waals surface area contributed by atoms with Gasteiger partial charge in [-0.05, 0) is 54.3 Å². The van der Waals surface area contributed by atoms with Gasteiger partial charge in [0.2, 0.25) is 5.75 Å². The van der Waals surface area contributed by atoms with Crippen molar-refractivity contribution in [1.82, 2.24) is 5.06 Å². The Morgan fingerprint density at radius 2 is 1.42 bits per heavy atom. The summed E-state index contributed by atoms with van der Waals surface area (Å²) in [5.41, 5.74) is -2.94. The van der Waals surface area contributed by atoms with Gasteiger partial charge in [0.25, 0.3) is 0 Å². The van der Waals surface area contributed by atoms with Crippen molar-refractivity contribution in [3.05, 3.63) is 59.3 Å². The highest BCUT2D eigenvalue weighted by molar-refractivity contribution is 5.96. The standard InChI is InChI=1S/C35H38N2O13/c1-8-17(3)28-33(43)37(45)35(18(4)9-2,34(44)36(28)46-7)49-25-16-22(12-15-24(25)50-37)27-30(42)29(41)26(21-10-13-23(40)14-11-21)31(47-19(5)38)32(27)48-20(6)39/h10-18,40-43H,8-9H2,1-7H3/t17-,18?,35+,37+/m0/s1. The molecule has 1 amide bonds. The third-order valence-electron chi connectivity index (χ3n) is 8.93. The number of quaternary nitrogens is 1. The molecule has 0 fully saturated rings. The summed E-state index contributed by atoms with van der Waals surface area (Å²) < 4.78 is 17.3. The molecule has 4 atom stereocenters. The molecule has 0 aromatic heterocycles. The van der Waals surface area contributed by atoms with Crippen LogP contribution >= 0.6 is 0 Å². The maximum Gasteiger partial charge on any atom is 0.374 e. The number of hydroxylamine groups is 6. The van der Waals surface area contributed by atoms with E-state index in [1.165, 1.54) is 49.6 Å². The lowest BCUT2D eigenvalue weighted by Crippen LogP contribution is -2.78. The fourth-order valence-electron chi connectivity index (χ4n) is 6.12. The molecule has 5 rings (SSSR count). The molecule has 0 saturated heterocycles. The zero-order chi connectivity index (χ0) is 36.9. The molecule has 2 aliphatic rings. The lowest BCUT2D eigenvalue weighted by molar-refractivity contribution is -1.08. The van der Waals surface area contributed by atoms with Crippen molar-refractivity contribution in [2.75, 3.05) is 7.11 Å². The molecule has 3 aromatic carbocycles. The van der Waals surface area contributed by atoms with E-state index in [2.05, 4.69) is 0 Å². The average molecular weight is 695 g/mol. The Hall–Kier alpha value is -5.51. The first-order chi connectivity index (χ1) is 23.6. The predicted octanol–water partition coefficient (Wildman–Crippen LogP) is 5.91. The fraction of sp³-hybridized carbons (Fsp3) is 0.343. The van der Waals surface area contributed by atoms with E-state index < -0.39 is 69.1 Å². The fourth-order valence-corrected chi connectivity index (χ4v) is 6.12. The van der Waals surface area contributed by atoms with E-state index in [1.54, 1.807) is 27.7 Å². The number of aliphatic hydroxyl groups is 1. The molecule has 0 saturated carbocycles. The molecule has 3 aromatic rings. The van der Waals surface area contributed by atoms with Crippen LogP contribution in [0.15, 0.2) is 54.0 Å². The third kappa shape index (κ3) is 5.39. The van der Waals surface area contributed by atoms with Crippen LogP contribution in [0.3, 0.4) is 0 Å². The highest BCUT2D eigenvalue weighted by Gasteiger charge is 2.72. The first-order valence-corrected chi connectivity index (χ1v) is 15.8. The Kier molecular flexibility index (Phi) is 9.36. The summed E-state index contributed by atoms with van der Waals surface area (Å²) in [4.78, 5) is 48.3. The van der Waals surface area contributed by atoms with Gasteiger partial charge in [-0.15, -0.1) is 0 Å². The van der Waals surface area contributed by atoms with Crippen molar-refractivity contribution < 1.29 is 63.5 Å². The number of aromatic hydroxyl groups is 3. The number of benzene rings is 3. The number of fused-ring (bicyclic) bond motifs is 2. The zero-order valence-corrected chi connectivity index (χ0v) is 28.5. The lowest BCUT2D eigenvalue weighted by atomic mass is 9.89. The van der Waals surface area contributed by atoms with Crippen molar-refractivity contribution in [2.45, 2.75) is 60.1 Å². The summed E-state index contributed by atoms with van der Waals surface area (Å²) in [5.74, 6) is -7.90. The summed E-state index contributed by atoms with van der Waals surface area (Å²) in [5, 5.41) is 59.8. The topological polar surface area (TPSA) is 205 Å². The second-order valence-electron chi connectivity index (χ2n) is 12.1. The van der Waals surface area contributed by atoms with Gasteiger partial charge in [-0.2, -0.15) is 5.06 Å². The molecular weight excluding hydrogens is 656 g/mol. The second-order valence-corrected chi connectivity index (χ2v) is 12.1. The van der Waals surface area contributed by atoms with Crippen molar-refractivity contribution in [2.24, 2.45) is 11.8 Å². The lowest BCUT2D eigenvalue weighted by Gasteiger charge is -2.56. The number of ether oxygens (including phenoxy) is 3. The molecule has 15 nitrogen and oxygen atoms in total. The number of amides is 1. The van der Waals surface area contributed by atoms with Crippen LogP contribution in [-0.2, 0) is 19.2 Å². The number of rotatable bonds is 9. The van der Waals surface area contributed by atoms with Gasteiger partial charge in [0.1, 0.15) is 5.75 Å². The average Bonchev–Trinajstić information content (AvgIpc) is 3.07. The van der Waals surface area contributed by atoms with Crippen LogP contribution in [-0.4, -0.2) is 61.0 Å². The maximum absolute atomic E-state index is 14.8. The normalized spacial score (nSPS) is 21.0. The number of phenols is 3. The molecule has 266 valence electrons. The van der Waals surface area contributed by atoms with Crippen molar-refractivity contribution in [3.8, 4) is 62.5 Å². The van der Waals surface area contributed by atoms with Crippen LogP contribution in [0.4, 0.5) is 0 Å². The second kappa shape index (κ2) is 13.1. The molecule has 15 heteroatoms. The third-order valence-corrected chi connectivity index (χ3v) is 8.93. The largest absolute Gasteiger partial charge is 0.578 e. The molecule has 50 heavy (non-hydrogen) atoms. The van der Waals surface area contributed by atoms with Gasteiger partial charge in [-0.25, -0.2) is 0 Å². The minimum Gasteiger partial charge on any atom is -0.578 e. The Labute approximate surface area is 287 Å². The van der Waals surface area contributed by atoms with Gasteiger partial charge >= 0.3 is 29.5 Å². The number of phenolic OH excluding ortho intramolecular Hbond substituents is 3. The number of carbonyl (C=O) groups excluding carboxylic acids is 3. The van der Waals surface area contributed by atoms with Crippen LogP contribution in [0.5, 0.6) is 40.2 Å². The Bertz CT molecular complexity index is 1910. The van der Waals surface area contributed by atoms with Crippen LogP contribution in [0.1, 0.15) is 54.4 Å². The summed E-state index contributed by atoms with van der Waals surface area (Å²) >= 11 is 0. The smallest absolute Gasteiger partial charge is 0.374 e. The highest BCUT2D eigenvalue weighted by Crippen LogP contribution is 2.58. The Balaban J connectivity index is 1.79. The number of carbonyl (C=O) groups is 3. The number of allylic oxidation sites excluding steroid dienone is 1. The number of hydrogen-bond donors (Lipinski definition) is 4. The SMILES string of the molecule is CCC(C)[C@]12Oc3cc(-c4c(O)c(O)c(-c5ccc(O)cc5)c(OC(C)=O)c4OC(C)=O)ccc3O[N@+]1([O-])C(O)=C([C@@H](C)CC)N(OC)C2=O. The summed E-state index contributed by atoms with van der Waals surface area (Å²) in [6.07, 6.45) is 0.650. The van der Waals surface area contributed by atoms with E-state index in [-0.39, 0.29) is 51.6 Å². The van der Waals surface area contributed by atoms with Gasteiger partial charge < -0.3 is 39.8 Å². The monoisotopic (exact) mass is 694 g/mol. The molecule has 0 radical (unpaired) electrons. The van der Waals surface area contributed by atoms with Crippen molar-refractivity contribution in [3.63, 3.8) is 0 Å². The number of hydrogen-bond acceptors (Lipinski definition) is 13. The van der Waals surface area contributed by atoms with E-state index in [4.69, 9.17) is 23.9 Å². The van der Waals surface area contributed by atoms with E-state index in [1.807, 2.05) is 0 Å². The summed E-state index contributed by atoms with van der Waals surface area (Å²) in [7, 11) is 1.22. The molecule has 0 spiro atoms. The molecule has 0 bridgehead atoms. The molecular formula is C35H38N2O13. The van der Waals surface area contributed by atoms with Crippen LogP contribution in [0, 0.1) is 17.0 Å². The van der Waals surface area contributed by atoms with Gasteiger partial charge in [0.15, 0.2) is 34.4 Å². The number of esters is 2. The minimum atomic E-state index is -2.47. The van der Waals surface area contributed by atoms with Crippen molar-refractivity contribution >= 4 is 17.8 Å². The first kappa shape index (κ1) is 35.8. The van der Waals surface area contributed by atoms with Gasteiger partial charge in [-0.1, -0.05) is 44.6 Å². The summed E-state index contributed by atoms with van der Waals surface area (Å²) in [6.45, 7) is 8.95. The molecule has 2 heterocycles. The Morgan fingerprint density at radius 1 is 0.880 bits per heavy atom. The molecule has 4 N–H and O–H groups in total. The van der Waals surface area contributed by atoms with Gasteiger partial charge in [0, 0.05) is 19.8 Å². The van der Waals surface area contributed by atoms with Crippen LogP contribution in [0.25, 0.3) is 22.3 Å². The van der Waals surface area contributed by atoms with E-state index in [0.29, 0.717) is 6.42 Å². The minimum absolute atomic E-state index is 0.000766. The van der Waals surface area contributed by atoms with Crippen molar-refractivity contribution in [1.29, 1.82) is 0 Å². The van der Waals surface area contributed by atoms with Crippen LogP contribution < -0.4 is 19.0 Å². The van der Waals surface area contributed by atoms with E-state index in [0.717, 1.165) is 18.9 Å². The van der Waals surface area contributed by atoms with Crippen LogP contribution in [0.2, 0.25) is 0 Å². The Morgan fingerprint density at radius 3 is 1.92 bits per heavy atom. The number of nitrogens with zero attached hydrogens (tertiary/aromatic N) is 2. The summed E-state index contributed by atoms with van der Waals surface area (Å²) in [6, 6.07) is 9.19. The van der Waals surface area contributed by atoms with E-state index >= 15 is 0 Å². The van der Waals surface area contributed by atoms with E-state index in [9.17, 15) is 40.0 Å². The maximum atomic E-state index is 14.8. The number of aliphatic hydroxyl groups excluding tert-OH is 1. The zero-order valence-electron chi connectivity index (χ0n) is 28.5. The van der Waals surface area contributed by atoms with Gasteiger partial charge in [0.05, 0.1) is 24.2 Å². The molecule has 0 aliphatic carbocycles. The highest BCUT2D eigenvalue weighted by atomic mass is 17.0. The van der Waals surface area contributed by atoms with Gasteiger partial charge in [-0.3, -0.25) is 24.1 Å². The molecule has 2 aliphatic heterocycles. The first-order valence-electron chi connectivity index (χ1n) is 15.8.